The quantitative estimate of drug-likeness (QED) is 0.713. The Kier molecular flexibility index (Phi) is 4.41. The Balaban J connectivity index is 1.79. The van der Waals surface area contributed by atoms with E-state index in [4.69, 9.17) is 0 Å². The van der Waals surface area contributed by atoms with Gasteiger partial charge in [0, 0.05) is 31.6 Å². The lowest BCUT2D eigenvalue weighted by molar-refractivity contribution is -0.136. The number of hydrogen-bond acceptors (Lipinski definition) is 6. The summed E-state index contributed by atoms with van der Waals surface area (Å²) in [6, 6.07) is 1.24. The van der Waals surface area contributed by atoms with E-state index in [2.05, 4.69) is 10.6 Å². The minimum absolute atomic E-state index is 0.00435. The molecule has 1 aromatic rings. The Bertz CT molecular complexity index is 892. The van der Waals surface area contributed by atoms with E-state index >= 15 is 0 Å². The van der Waals surface area contributed by atoms with Crippen LogP contribution in [0.15, 0.2) is 12.1 Å². The Labute approximate surface area is 161 Å². The number of nitrogens with zero attached hydrogens (tertiary/aromatic N) is 2. The van der Waals surface area contributed by atoms with Crippen LogP contribution in [0.1, 0.15) is 47.4 Å². The average molecular weight is 388 g/mol. The van der Waals surface area contributed by atoms with Crippen LogP contribution < -0.4 is 15.5 Å². The molecule has 0 aromatic heterocycles. The molecule has 8 nitrogen and oxygen atoms in total. The summed E-state index contributed by atoms with van der Waals surface area (Å²) in [6.45, 7) is 5.07. The van der Waals surface area contributed by atoms with Gasteiger partial charge in [0.05, 0.1) is 16.8 Å². The number of nitrogens with one attached hydrogen (secondary N) is 2. The molecule has 9 heteroatoms. The van der Waals surface area contributed by atoms with Gasteiger partial charge in [-0.2, -0.15) is 0 Å². The Morgan fingerprint density at radius 3 is 2.36 bits per heavy atom. The zero-order valence-electron chi connectivity index (χ0n) is 15.6. The van der Waals surface area contributed by atoms with Crippen LogP contribution in [-0.2, 0) is 9.59 Å². The number of amides is 4. The number of rotatable bonds is 2. The number of hydrogen-bond donors (Lipinski definition) is 2. The van der Waals surface area contributed by atoms with Crippen LogP contribution in [0.3, 0.4) is 0 Å². The molecular formula is C19H21FN4O4. The van der Waals surface area contributed by atoms with Crippen molar-refractivity contribution in [2.24, 2.45) is 0 Å². The van der Waals surface area contributed by atoms with Crippen molar-refractivity contribution in [3.8, 4) is 0 Å². The fourth-order valence-electron chi connectivity index (χ4n) is 4.34. The normalized spacial score (nSPS) is 27.9. The maximum atomic E-state index is 14.9. The highest BCUT2D eigenvalue weighted by Crippen LogP contribution is 2.38. The lowest BCUT2D eigenvalue weighted by Gasteiger charge is -2.42. The molecule has 0 spiro atoms. The number of carbonyl (C=O) groups excluding carboxylic acids is 4. The third-order valence-electron chi connectivity index (χ3n) is 5.62. The van der Waals surface area contributed by atoms with Gasteiger partial charge >= 0.3 is 0 Å². The van der Waals surface area contributed by atoms with E-state index in [0.717, 1.165) is 4.90 Å². The largest absolute Gasteiger partial charge is 0.361 e. The standard InChI is InChI=1S/C19H21FN4O4/c1-9-7-21-8-10(2)23(9)16-12(20)4-3-11-15(16)19(28)24(18(11)27)13-5-6-14(25)22-17(13)26/h3-4,9-10,13,21H,5-8H2,1-2H3,(H,22,25,26). The van der Waals surface area contributed by atoms with Crippen molar-refractivity contribution in [2.45, 2.75) is 44.8 Å². The number of benzene rings is 1. The molecule has 148 valence electrons. The van der Waals surface area contributed by atoms with Crippen molar-refractivity contribution in [1.82, 2.24) is 15.5 Å². The molecule has 0 aliphatic carbocycles. The number of halogens is 1. The van der Waals surface area contributed by atoms with E-state index in [-0.39, 0.29) is 41.7 Å². The lowest BCUT2D eigenvalue weighted by Crippen LogP contribution is -2.56. The molecule has 2 saturated heterocycles. The van der Waals surface area contributed by atoms with Crippen molar-refractivity contribution >= 4 is 29.3 Å². The predicted molar refractivity (Wildman–Crippen MR) is 97.3 cm³/mol. The van der Waals surface area contributed by atoms with Crippen molar-refractivity contribution in [3.63, 3.8) is 0 Å². The van der Waals surface area contributed by atoms with Crippen LogP contribution in [0.2, 0.25) is 0 Å². The number of carbonyl (C=O) groups is 4. The van der Waals surface area contributed by atoms with Crippen LogP contribution in [-0.4, -0.2) is 59.7 Å². The number of imide groups is 2. The van der Waals surface area contributed by atoms with Crippen molar-refractivity contribution in [3.05, 3.63) is 29.1 Å². The van der Waals surface area contributed by atoms with E-state index in [1.165, 1.54) is 12.1 Å². The molecule has 0 bridgehead atoms. The topological polar surface area (TPSA) is 98.8 Å². The van der Waals surface area contributed by atoms with E-state index in [1.807, 2.05) is 18.7 Å². The summed E-state index contributed by atoms with van der Waals surface area (Å²) in [4.78, 5) is 52.4. The summed E-state index contributed by atoms with van der Waals surface area (Å²) in [5, 5.41) is 5.41. The maximum Gasteiger partial charge on any atom is 0.264 e. The Morgan fingerprint density at radius 1 is 1.04 bits per heavy atom. The molecule has 3 unspecified atom stereocenters. The first kappa shape index (κ1) is 18.5. The van der Waals surface area contributed by atoms with Crippen LogP contribution in [0.5, 0.6) is 0 Å². The van der Waals surface area contributed by atoms with Gasteiger partial charge in [-0.15, -0.1) is 0 Å². The second-order valence-electron chi connectivity index (χ2n) is 7.53. The average Bonchev–Trinajstić information content (AvgIpc) is 2.88. The SMILES string of the molecule is CC1CNCC(C)N1c1c(F)ccc2c1C(=O)N(C1CCC(=O)NC1=O)C2=O. The van der Waals surface area contributed by atoms with Crippen LogP contribution >= 0.6 is 0 Å². The highest BCUT2D eigenvalue weighted by atomic mass is 19.1. The van der Waals surface area contributed by atoms with Gasteiger partial charge in [0.15, 0.2) is 0 Å². The minimum atomic E-state index is -1.07. The monoisotopic (exact) mass is 388 g/mol. The van der Waals surface area contributed by atoms with Crippen LogP contribution in [0, 0.1) is 5.82 Å². The fraction of sp³-hybridized carbons (Fsp3) is 0.474. The van der Waals surface area contributed by atoms with Gasteiger partial charge in [-0.25, -0.2) is 4.39 Å². The second-order valence-corrected chi connectivity index (χ2v) is 7.53. The van der Waals surface area contributed by atoms with E-state index in [1.54, 1.807) is 0 Å². The summed E-state index contributed by atoms with van der Waals surface area (Å²) in [7, 11) is 0. The number of anilines is 1. The molecule has 2 fully saturated rings. The minimum Gasteiger partial charge on any atom is -0.361 e. The van der Waals surface area contributed by atoms with Gasteiger partial charge in [-0.1, -0.05) is 0 Å². The summed E-state index contributed by atoms with van der Waals surface area (Å²) < 4.78 is 14.9. The van der Waals surface area contributed by atoms with Crippen LogP contribution in [0.25, 0.3) is 0 Å². The Hall–Kier alpha value is -2.81. The molecule has 3 heterocycles. The summed E-state index contributed by atoms with van der Waals surface area (Å²) in [5.74, 6) is -3.02. The first-order chi connectivity index (χ1) is 13.3. The van der Waals surface area contributed by atoms with E-state index < -0.39 is 35.5 Å². The molecule has 28 heavy (non-hydrogen) atoms. The van der Waals surface area contributed by atoms with Gasteiger partial charge in [0.25, 0.3) is 11.8 Å². The zero-order valence-corrected chi connectivity index (χ0v) is 15.6. The van der Waals surface area contributed by atoms with Gasteiger partial charge in [0.1, 0.15) is 11.9 Å². The zero-order chi connectivity index (χ0) is 20.2. The number of piperazine rings is 1. The molecule has 2 N–H and O–H groups in total. The smallest absolute Gasteiger partial charge is 0.264 e. The summed E-state index contributed by atoms with van der Waals surface area (Å²) in [6.07, 6.45) is 0.102. The molecule has 0 saturated carbocycles. The van der Waals surface area contributed by atoms with Gasteiger partial charge in [0.2, 0.25) is 11.8 Å². The van der Waals surface area contributed by atoms with Gasteiger partial charge in [-0.3, -0.25) is 29.4 Å². The lowest BCUT2D eigenvalue weighted by atomic mass is 10.0. The third kappa shape index (κ3) is 2.69. The molecule has 3 aliphatic rings. The molecule has 1 aromatic carbocycles. The molecular weight excluding hydrogens is 367 g/mol. The summed E-state index contributed by atoms with van der Waals surface area (Å²) >= 11 is 0. The summed E-state index contributed by atoms with van der Waals surface area (Å²) in [5.41, 5.74) is 0.187. The van der Waals surface area contributed by atoms with E-state index in [9.17, 15) is 23.6 Å². The fourth-order valence-corrected chi connectivity index (χ4v) is 4.34. The predicted octanol–water partition coefficient (Wildman–Crippen LogP) is 0.413. The van der Waals surface area contributed by atoms with Crippen molar-refractivity contribution in [2.75, 3.05) is 18.0 Å². The van der Waals surface area contributed by atoms with Crippen molar-refractivity contribution < 1.29 is 23.6 Å². The molecule has 3 atom stereocenters. The van der Waals surface area contributed by atoms with Gasteiger partial charge in [-0.05, 0) is 32.4 Å². The van der Waals surface area contributed by atoms with Gasteiger partial charge < -0.3 is 10.2 Å². The molecule has 0 radical (unpaired) electrons. The van der Waals surface area contributed by atoms with Crippen LogP contribution in [0.4, 0.5) is 10.1 Å². The molecule has 4 amide bonds. The molecule has 4 rings (SSSR count). The Morgan fingerprint density at radius 2 is 1.71 bits per heavy atom. The molecule has 3 aliphatic heterocycles. The second kappa shape index (κ2) is 6.66. The van der Waals surface area contributed by atoms with E-state index in [0.29, 0.717) is 13.1 Å². The number of fused-ring (bicyclic) bond motifs is 1. The highest BCUT2D eigenvalue weighted by Gasteiger charge is 2.47. The third-order valence-corrected chi connectivity index (χ3v) is 5.62. The maximum absolute atomic E-state index is 14.9. The van der Waals surface area contributed by atoms with Crippen molar-refractivity contribution in [1.29, 1.82) is 0 Å². The first-order valence-electron chi connectivity index (χ1n) is 9.34. The number of piperidine rings is 1. The first-order valence-corrected chi connectivity index (χ1v) is 9.34. The highest BCUT2D eigenvalue weighted by molar-refractivity contribution is 6.25.